The molecule has 0 atom stereocenters. The Morgan fingerprint density at radius 3 is 2.56 bits per heavy atom. The Bertz CT molecular complexity index is 473. The number of primary amides is 1. The molecule has 1 rings (SSSR count). The number of carbonyl (C=O) groups excluding carboxylic acids is 1. The lowest BCUT2D eigenvalue weighted by Gasteiger charge is -2.09. The van der Waals surface area contributed by atoms with Gasteiger partial charge in [0.1, 0.15) is 0 Å². The summed E-state index contributed by atoms with van der Waals surface area (Å²) < 4.78 is 4.98. The van der Waals surface area contributed by atoms with Crippen molar-refractivity contribution < 1.29 is 14.5 Å². The molecular formula is C9H9BrN2O4. The highest BCUT2D eigenvalue weighted by Crippen LogP contribution is 2.39. The molecule has 0 heterocycles. The van der Waals surface area contributed by atoms with E-state index in [1.165, 1.54) is 6.07 Å². The van der Waals surface area contributed by atoms with E-state index >= 15 is 0 Å². The van der Waals surface area contributed by atoms with Gasteiger partial charge in [-0.1, -0.05) is 0 Å². The van der Waals surface area contributed by atoms with Crippen LogP contribution >= 0.6 is 15.9 Å². The van der Waals surface area contributed by atoms with Gasteiger partial charge in [-0.25, -0.2) is 4.79 Å². The van der Waals surface area contributed by atoms with E-state index in [4.69, 9.17) is 5.73 Å². The Labute approximate surface area is 99.7 Å². The highest BCUT2D eigenvalue weighted by Gasteiger charge is 2.23. The van der Waals surface area contributed by atoms with Gasteiger partial charge in [-0.15, -0.1) is 0 Å². The molecule has 0 aromatic heterocycles. The molecular weight excluding hydrogens is 280 g/mol. The van der Waals surface area contributed by atoms with Crippen molar-refractivity contribution in [3.8, 4) is 5.75 Å². The van der Waals surface area contributed by atoms with E-state index in [2.05, 4.69) is 20.7 Å². The minimum atomic E-state index is -1.09. The third-order valence-corrected chi connectivity index (χ3v) is 3.06. The molecule has 1 amide bonds. The molecule has 0 aliphatic rings. The number of nitrogens with two attached hydrogens (primary N) is 1. The van der Waals surface area contributed by atoms with E-state index in [1.807, 2.05) is 0 Å². The maximum Gasteiger partial charge on any atom is 0.410 e. The van der Waals surface area contributed by atoms with Crippen molar-refractivity contribution in [3.05, 3.63) is 31.8 Å². The van der Waals surface area contributed by atoms with Gasteiger partial charge in [0, 0.05) is 6.07 Å². The Morgan fingerprint density at radius 2 is 2.12 bits per heavy atom. The van der Waals surface area contributed by atoms with Gasteiger partial charge in [0.05, 0.1) is 9.40 Å². The minimum Gasteiger partial charge on any atom is -0.402 e. The first kappa shape index (κ1) is 12.4. The quantitative estimate of drug-likeness (QED) is 0.668. The average Bonchev–Trinajstić information content (AvgIpc) is 2.17. The maximum absolute atomic E-state index is 10.8. The first-order valence-electron chi connectivity index (χ1n) is 4.26. The fourth-order valence-electron chi connectivity index (χ4n) is 1.17. The van der Waals surface area contributed by atoms with Crippen LogP contribution in [0.3, 0.4) is 0 Å². The zero-order chi connectivity index (χ0) is 12.5. The monoisotopic (exact) mass is 288 g/mol. The molecule has 1 aromatic carbocycles. The summed E-state index contributed by atoms with van der Waals surface area (Å²) in [5.41, 5.74) is 6.02. The Kier molecular flexibility index (Phi) is 3.48. The van der Waals surface area contributed by atoms with Gasteiger partial charge in [0.15, 0.2) is 0 Å². The van der Waals surface area contributed by atoms with Crippen LogP contribution < -0.4 is 10.5 Å². The zero-order valence-electron chi connectivity index (χ0n) is 8.61. The van der Waals surface area contributed by atoms with Gasteiger partial charge >= 0.3 is 11.8 Å². The van der Waals surface area contributed by atoms with Crippen molar-refractivity contribution in [1.82, 2.24) is 0 Å². The fourth-order valence-corrected chi connectivity index (χ4v) is 1.76. The number of carbonyl (C=O) groups is 1. The van der Waals surface area contributed by atoms with Crippen LogP contribution in [0, 0.1) is 24.0 Å². The number of hydrogen-bond donors (Lipinski definition) is 1. The standard InChI is InChI=1S/C9H9BrN2O4/c1-4-3-6(12(14)15)8(16-9(11)13)7(10)5(4)2/h3H,1-2H3,(H2,11,13). The van der Waals surface area contributed by atoms with E-state index in [9.17, 15) is 14.9 Å². The van der Waals surface area contributed by atoms with Crippen molar-refractivity contribution in [2.45, 2.75) is 13.8 Å². The summed E-state index contributed by atoms with van der Waals surface area (Å²) in [5.74, 6) is -0.166. The fraction of sp³-hybridized carbons (Fsp3) is 0.222. The van der Waals surface area contributed by atoms with Gasteiger partial charge in [-0.2, -0.15) is 0 Å². The molecule has 0 fully saturated rings. The van der Waals surface area contributed by atoms with Crippen molar-refractivity contribution in [2.75, 3.05) is 0 Å². The number of nitro benzene ring substituents is 1. The lowest BCUT2D eigenvalue weighted by molar-refractivity contribution is -0.385. The molecule has 0 saturated carbocycles. The second-order valence-electron chi connectivity index (χ2n) is 3.16. The lowest BCUT2D eigenvalue weighted by Crippen LogP contribution is -2.17. The first-order chi connectivity index (χ1) is 7.34. The summed E-state index contributed by atoms with van der Waals surface area (Å²) in [6, 6.07) is 1.33. The van der Waals surface area contributed by atoms with Gasteiger partial charge in [0.2, 0.25) is 5.75 Å². The summed E-state index contributed by atoms with van der Waals surface area (Å²) in [4.78, 5) is 20.8. The lowest BCUT2D eigenvalue weighted by atomic mass is 10.1. The minimum absolute atomic E-state index is 0.166. The number of halogens is 1. The molecule has 0 aliphatic carbocycles. The van der Waals surface area contributed by atoms with Gasteiger partial charge in [-0.05, 0) is 40.9 Å². The highest BCUT2D eigenvalue weighted by atomic mass is 79.9. The van der Waals surface area contributed by atoms with Crippen molar-refractivity contribution in [1.29, 1.82) is 0 Å². The predicted octanol–water partition coefficient (Wildman–Crippen LogP) is 2.43. The van der Waals surface area contributed by atoms with Crippen LogP contribution in [0.15, 0.2) is 10.5 Å². The number of rotatable bonds is 2. The zero-order valence-corrected chi connectivity index (χ0v) is 10.2. The highest BCUT2D eigenvalue weighted by molar-refractivity contribution is 9.10. The van der Waals surface area contributed by atoms with E-state index in [0.717, 1.165) is 11.1 Å². The van der Waals surface area contributed by atoms with Crippen molar-refractivity contribution >= 4 is 27.7 Å². The topological polar surface area (TPSA) is 95.5 Å². The Hall–Kier alpha value is -1.63. The van der Waals surface area contributed by atoms with Crippen LogP contribution in [0.1, 0.15) is 11.1 Å². The number of nitro groups is 1. The van der Waals surface area contributed by atoms with E-state index in [1.54, 1.807) is 13.8 Å². The first-order valence-corrected chi connectivity index (χ1v) is 5.05. The molecule has 0 bridgehead atoms. The normalized spacial score (nSPS) is 9.94. The third kappa shape index (κ3) is 2.30. The second kappa shape index (κ2) is 4.48. The number of aryl methyl sites for hydroxylation is 1. The SMILES string of the molecule is Cc1cc([N+](=O)[O-])c(OC(N)=O)c(Br)c1C. The van der Waals surface area contributed by atoms with Gasteiger partial charge in [0.25, 0.3) is 0 Å². The summed E-state index contributed by atoms with van der Waals surface area (Å²) in [6.07, 6.45) is -1.09. The van der Waals surface area contributed by atoms with Crippen LogP contribution in [-0.4, -0.2) is 11.0 Å². The van der Waals surface area contributed by atoms with Crippen molar-refractivity contribution in [2.24, 2.45) is 5.73 Å². The number of hydrogen-bond acceptors (Lipinski definition) is 4. The van der Waals surface area contributed by atoms with Crippen LogP contribution in [0.4, 0.5) is 10.5 Å². The largest absolute Gasteiger partial charge is 0.410 e. The number of benzene rings is 1. The van der Waals surface area contributed by atoms with Gasteiger partial charge in [-0.3, -0.25) is 10.1 Å². The molecule has 0 unspecified atom stereocenters. The van der Waals surface area contributed by atoms with Crippen LogP contribution in [0.2, 0.25) is 0 Å². The molecule has 0 spiro atoms. The molecule has 86 valence electrons. The average molecular weight is 289 g/mol. The number of ether oxygens (including phenoxy) is 1. The number of amides is 1. The van der Waals surface area contributed by atoms with Crippen molar-refractivity contribution in [3.63, 3.8) is 0 Å². The van der Waals surface area contributed by atoms with E-state index in [-0.39, 0.29) is 11.4 Å². The smallest absolute Gasteiger partial charge is 0.402 e. The third-order valence-electron chi connectivity index (χ3n) is 2.11. The van der Waals surface area contributed by atoms with Crippen LogP contribution in [0.5, 0.6) is 5.75 Å². The molecule has 1 aromatic rings. The van der Waals surface area contributed by atoms with E-state index in [0.29, 0.717) is 4.47 Å². The predicted molar refractivity (Wildman–Crippen MR) is 60.5 cm³/mol. The second-order valence-corrected chi connectivity index (χ2v) is 3.95. The Morgan fingerprint density at radius 1 is 1.56 bits per heavy atom. The Balaban J connectivity index is 3.47. The maximum atomic E-state index is 10.8. The number of nitrogens with zero attached hydrogens (tertiary/aromatic N) is 1. The summed E-state index contributed by atoms with van der Waals surface area (Å²) in [7, 11) is 0. The van der Waals surface area contributed by atoms with Gasteiger partial charge < -0.3 is 10.5 Å². The molecule has 0 saturated heterocycles. The molecule has 0 aliphatic heterocycles. The summed E-state index contributed by atoms with van der Waals surface area (Å²) >= 11 is 3.14. The molecule has 6 nitrogen and oxygen atoms in total. The van der Waals surface area contributed by atoms with Crippen LogP contribution in [-0.2, 0) is 0 Å². The summed E-state index contributed by atoms with van der Waals surface area (Å²) in [6.45, 7) is 3.47. The molecule has 2 N–H and O–H groups in total. The molecule has 0 radical (unpaired) electrons. The van der Waals surface area contributed by atoms with E-state index < -0.39 is 11.0 Å². The summed E-state index contributed by atoms with van der Waals surface area (Å²) in [5, 5.41) is 10.8. The van der Waals surface area contributed by atoms with Crippen LogP contribution in [0.25, 0.3) is 0 Å². The molecule has 16 heavy (non-hydrogen) atoms. The molecule has 7 heteroatoms.